The van der Waals surface area contributed by atoms with Crippen molar-refractivity contribution < 1.29 is 4.79 Å². The third-order valence-corrected chi connectivity index (χ3v) is 7.95. The number of amides is 1. The number of hydrogen-bond acceptors (Lipinski definition) is 1. The van der Waals surface area contributed by atoms with Crippen molar-refractivity contribution in [3.8, 4) is 0 Å². The second-order valence-electron chi connectivity index (χ2n) is 9.47. The molecule has 28 heavy (non-hydrogen) atoms. The molecule has 2 aromatic carbocycles. The maximum Gasteiger partial charge on any atom is 0.230 e. The fraction of sp³-hybridized carbons (Fsp3) is 0.458. The van der Waals surface area contributed by atoms with Crippen molar-refractivity contribution in [2.24, 2.45) is 17.3 Å². The minimum absolute atomic E-state index is 0.127. The van der Waals surface area contributed by atoms with Gasteiger partial charge in [0.2, 0.25) is 5.91 Å². The highest BCUT2D eigenvalue weighted by Crippen LogP contribution is 2.66. The molecule has 2 nitrogen and oxygen atoms in total. The first kappa shape index (κ1) is 18.5. The Hall–Kier alpha value is -1.51. The van der Waals surface area contributed by atoms with Crippen molar-refractivity contribution in [2.75, 3.05) is 5.32 Å². The lowest BCUT2D eigenvalue weighted by Gasteiger charge is -2.61. The lowest BCUT2D eigenvalue weighted by atomic mass is 9.42. The van der Waals surface area contributed by atoms with Gasteiger partial charge in [-0.15, -0.1) is 0 Å². The predicted molar refractivity (Wildman–Crippen MR) is 115 cm³/mol. The van der Waals surface area contributed by atoms with E-state index < -0.39 is 0 Å². The second kappa shape index (κ2) is 6.50. The van der Waals surface area contributed by atoms with Gasteiger partial charge < -0.3 is 5.32 Å². The summed E-state index contributed by atoms with van der Waals surface area (Å²) in [5.74, 6) is 1.41. The molecule has 146 valence electrons. The Labute approximate surface area is 176 Å². The number of aryl methyl sites for hydroxylation is 1. The van der Waals surface area contributed by atoms with Gasteiger partial charge in [-0.3, -0.25) is 4.79 Å². The van der Waals surface area contributed by atoms with Gasteiger partial charge in [-0.25, -0.2) is 0 Å². The number of nitrogens with one attached hydrogen (secondary N) is 1. The zero-order chi connectivity index (χ0) is 19.5. The molecule has 2 unspecified atom stereocenters. The van der Waals surface area contributed by atoms with E-state index in [0.29, 0.717) is 27.6 Å². The Kier molecular flexibility index (Phi) is 4.30. The van der Waals surface area contributed by atoms with Gasteiger partial charge in [0.05, 0.1) is 16.1 Å². The molecule has 0 heterocycles. The normalized spacial score (nSPS) is 33.1. The number of carbonyl (C=O) groups excluding carboxylic acids is 1. The quantitative estimate of drug-likeness (QED) is 0.589. The van der Waals surface area contributed by atoms with Gasteiger partial charge in [0, 0.05) is 5.02 Å². The van der Waals surface area contributed by atoms with E-state index in [1.165, 1.54) is 30.4 Å². The monoisotopic (exact) mass is 413 g/mol. The van der Waals surface area contributed by atoms with Gasteiger partial charge in [0.1, 0.15) is 0 Å². The molecule has 1 N–H and O–H groups in total. The number of rotatable bonds is 3. The van der Waals surface area contributed by atoms with Crippen molar-refractivity contribution in [3.05, 3.63) is 63.6 Å². The highest BCUT2D eigenvalue weighted by molar-refractivity contribution is 6.35. The lowest BCUT2D eigenvalue weighted by molar-refractivity contribution is -0.143. The zero-order valence-corrected chi connectivity index (χ0v) is 17.6. The van der Waals surface area contributed by atoms with Crippen LogP contribution in [0.2, 0.25) is 10.0 Å². The van der Waals surface area contributed by atoms with Gasteiger partial charge in [-0.05, 0) is 86.5 Å². The van der Waals surface area contributed by atoms with E-state index in [1.807, 2.05) is 0 Å². The molecular weight excluding hydrogens is 389 g/mol. The van der Waals surface area contributed by atoms with Crippen LogP contribution in [0.25, 0.3) is 0 Å². The summed E-state index contributed by atoms with van der Waals surface area (Å²) in [6.07, 6.45) is 6.67. The maximum atomic E-state index is 13.5. The molecule has 4 aliphatic carbocycles. The molecule has 4 fully saturated rings. The van der Waals surface area contributed by atoms with Crippen molar-refractivity contribution in [3.63, 3.8) is 0 Å². The van der Waals surface area contributed by atoms with E-state index >= 15 is 0 Å². The summed E-state index contributed by atoms with van der Waals surface area (Å²) in [5.41, 5.74) is 3.19. The standard InChI is InChI=1S/C24H25Cl2NO/c1-15-2-4-18(5-3-15)23-10-16-8-17(11-23)13-24(12-16,14-23)22(28)27-21-9-19(25)6-7-20(21)26/h2-7,9,16-17H,8,10-14H2,1H3,(H,27,28)/t16-,17+,23?,24?. The molecule has 6 rings (SSSR count). The van der Waals surface area contributed by atoms with E-state index in [9.17, 15) is 4.79 Å². The number of carbonyl (C=O) groups is 1. The van der Waals surface area contributed by atoms with E-state index in [0.717, 1.165) is 19.3 Å². The molecule has 0 radical (unpaired) electrons. The summed E-state index contributed by atoms with van der Waals surface area (Å²) in [4.78, 5) is 13.5. The summed E-state index contributed by atoms with van der Waals surface area (Å²) in [6, 6.07) is 14.3. The summed E-state index contributed by atoms with van der Waals surface area (Å²) in [5, 5.41) is 4.25. The fourth-order valence-electron chi connectivity index (χ4n) is 6.62. The number of benzene rings is 2. The average Bonchev–Trinajstić information content (AvgIpc) is 2.64. The SMILES string of the molecule is Cc1ccc(C23C[C@@H]4C[C@@H](CC(C(=O)Nc5cc(Cl)ccc5Cl)(C4)C2)C3)cc1. The summed E-state index contributed by atoms with van der Waals surface area (Å²) in [6.45, 7) is 2.13. The van der Waals surface area contributed by atoms with E-state index in [-0.39, 0.29) is 16.7 Å². The smallest absolute Gasteiger partial charge is 0.230 e. The Bertz CT molecular complexity index is 922. The van der Waals surface area contributed by atoms with Crippen molar-refractivity contribution in [2.45, 2.75) is 50.9 Å². The molecule has 0 saturated heterocycles. The van der Waals surface area contributed by atoms with E-state index in [2.05, 4.69) is 36.5 Å². The fourth-order valence-corrected chi connectivity index (χ4v) is 6.96. The van der Waals surface area contributed by atoms with Crippen LogP contribution in [0, 0.1) is 24.2 Å². The van der Waals surface area contributed by atoms with Gasteiger partial charge >= 0.3 is 0 Å². The Morgan fingerprint density at radius 1 is 1.00 bits per heavy atom. The van der Waals surface area contributed by atoms with Crippen molar-refractivity contribution in [1.82, 2.24) is 0 Å². The minimum atomic E-state index is -0.291. The third kappa shape index (κ3) is 2.97. The molecule has 0 spiro atoms. The van der Waals surface area contributed by atoms with Crippen molar-refractivity contribution in [1.29, 1.82) is 0 Å². The van der Waals surface area contributed by atoms with Crippen LogP contribution in [-0.4, -0.2) is 5.91 Å². The topological polar surface area (TPSA) is 29.1 Å². The molecule has 4 bridgehead atoms. The van der Waals surface area contributed by atoms with Crippen molar-refractivity contribution >= 4 is 34.8 Å². The Balaban J connectivity index is 1.48. The lowest BCUT2D eigenvalue weighted by Crippen LogP contribution is -2.58. The maximum absolute atomic E-state index is 13.5. The summed E-state index contributed by atoms with van der Waals surface area (Å²) >= 11 is 12.4. The first-order valence-electron chi connectivity index (χ1n) is 10.2. The zero-order valence-electron chi connectivity index (χ0n) is 16.1. The van der Waals surface area contributed by atoms with Crippen LogP contribution in [0.15, 0.2) is 42.5 Å². The van der Waals surface area contributed by atoms with Crippen LogP contribution in [0.1, 0.15) is 49.7 Å². The highest BCUT2D eigenvalue weighted by Gasteiger charge is 2.60. The molecule has 0 aromatic heterocycles. The molecule has 4 aliphatic rings. The van der Waals surface area contributed by atoms with Crippen LogP contribution in [0.4, 0.5) is 5.69 Å². The first-order valence-corrected chi connectivity index (χ1v) is 11.0. The molecule has 4 saturated carbocycles. The van der Waals surface area contributed by atoms with Gasteiger partial charge in [0.15, 0.2) is 0 Å². The third-order valence-electron chi connectivity index (χ3n) is 7.38. The van der Waals surface area contributed by atoms with Crippen LogP contribution < -0.4 is 5.32 Å². The summed E-state index contributed by atoms with van der Waals surface area (Å²) < 4.78 is 0. The molecule has 2 aromatic rings. The molecular formula is C24H25Cl2NO. The molecule has 4 atom stereocenters. The van der Waals surface area contributed by atoms with Gasteiger partial charge in [0.25, 0.3) is 0 Å². The molecule has 0 aliphatic heterocycles. The van der Waals surface area contributed by atoms with Crippen LogP contribution in [0.5, 0.6) is 0 Å². The van der Waals surface area contributed by atoms with Crippen LogP contribution >= 0.6 is 23.2 Å². The highest BCUT2D eigenvalue weighted by atomic mass is 35.5. The van der Waals surface area contributed by atoms with E-state index in [4.69, 9.17) is 23.2 Å². The van der Waals surface area contributed by atoms with Gasteiger partial charge in [-0.1, -0.05) is 53.0 Å². The van der Waals surface area contributed by atoms with Gasteiger partial charge in [-0.2, -0.15) is 0 Å². The Morgan fingerprint density at radius 3 is 2.36 bits per heavy atom. The number of halogens is 2. The number of anilines is 1. The molecule has 1 amide bonds. The second-order valence-corrected chi connectivity index (χ2v) is 10.3. The van der Waals surface area contributed by atoms with Crippen LogP contribution in [0.3, 0.4) is 0 Å². The summed E-state index contributed by atoms with van der Waals surface area (Å²) in [7, 11) is 0. The molecule has 4 heteroatoms. The largest absolute Gasteiger partial charge is 0.324 e. The predicted octanol–water partition coefficient (Wildman–Crippen LogP) is 6.78. The minimum Gasteiger partial charge on any atom is -0.324 e. The van der Waals surface area contributed by atoms with E-state index in [1.54, 1.807) is 18.2 Å². The average molecular weight is 414 g/mol. The van der Waals surface area contributed by atoms with Crippen LogP contribution in [-0.2, 0) is 10.2 Å². The number of hydrogen-bond donors (Lipinski definition) is 1. The Morgan fingerprint density at radius 2 is 1.68 bits per heavy atom. The first-order chi connectivity index (χ1) is 13.4.